The zero-order chi connectivity index (χ0) is 15.0. The van der Waals surface area contributed by atoms with E-state index < -0.39 is 0 Å². The summed E-state index contributed by atoms with van der Waals surface area (Å²) in [5.74, 6) is 1.55. The van der Waals surface area contributed by atoms with Gasteiger partial charge in [-0.25, -0.2) is 0 Å². The fraction of sp³-hybridized carbons (Fsp3) is 0.625. The molecule has 1 rings (SSSR count). The standard InChI is InChI=1S/C16H27NO3/c1-16(2,8-9-17-10-11-18-3)13-6-7-14(19-4)15(12-13)20-5/h6-7,12,17H,8-11H2,1-5H3. The lowest BCUT2D eigenvalue weighted by Gasteiger charge is -2.26. The Morgan fingerprint density at radius 1 is 1.00 bits per heavy atom. The van der Waals surface area contributed by atoms with E-state index in [1.807, 2.05) is 6.07 Å². The molecule has 4 nitrogen and oxygen atoms in total. The molecule has 1 N–H and O–H groups in total. The van der Waals surface area contributed by atoms with Gasteiger partial charge in [-0.15, -0.1) is 0 Å². The van der Waals surface area contributed by atoms with Crippen LogP contribution >= 0.6 is 0 Å². The molecule has 0 unspecified atom stereocenters. The van der Waals surface area contributed by atoms with E-state index in [1.54, 1.807) is 21.3 Å². The van der Waals surface area contributed by atoms with Crippen molar-refractivity contribution >= 4 is 0 Å². The molecule has 0 heterocycles. The van der Waals surface area contributed by atoms with E-state index in [9.17, 15) is 0 Å². The third-order valence-corrected chi connectivity index (χ3v) is 3.57. The Kier molecular flexibility index (Phi) is 6.82. The number of rotatable bonds is 9. The maximum absolute atomic E-state index is 5.37. The molecule has 0 aromatic heterocycles. The van der Waals surface area contributed by atoms with Gasteiger partial charge in [-0.3, -0.25) is 0 Å². The molecule has 0 saturated heterocycles. The second-order valence-corrected chi connectivity index (χ2v) is 5.45. The molecule has 0 amide bonds. The summed E-state index contributed by atoms with van der Waals surface area (Å²) in [5.41, 5.74) is 1.34. The summed E-state index contributed by atoms with van der Waals surface area (Å²) in [6, 6.07) is 6.14. The molecule has 0 fully saturated rings. The molecular weight excluding hydrogens is 254 g/mol. The quantitative estimate of drug-likeness (QED) is 0.706. The Balaban J connectivity index is 2.66. The van der Waals surface area contributed by atoms with Crippen LogP contribution in [0.25, 0.3) is 0 Å². The Morgan fingerprint density at radius 3 is 2.30 bits per heavy atom. The SMILES string of the molecule is COCCNCCC(C)(C)c1ccc(OC)c(OC)c1. The second kappa shape index (κ2) is 8.12. The number of nitrogens with one attached hydrogen (secondary N) is 1. The normalized spacial score (nSPS) is 11.4. The lowest BCUT2D eigenvalue weighted by molar-refractivity contribution is 0.198. The molecule has 114 valence electrons. The summed E-state index contributed by atoms with van der Waals surface area (Å²) >= 11 is 0. The van der Waals surface area contributed by atoms with Crippen LogP contribution in [-0.2, 0) is 10.2 Å². The van der Waals surface area contributed by atoms with Crippen molar-refractivity contribution in [2.24, 2.45) is 0 Å². The van der Waals surface area contributed by atoms with E-state index in [0.29, 0.717) is 0 Å². The first-order chi connectivity index (χ1) is 9.55. The van der Waals surface area contributed by atoms with Crippen LogP contribution in [0.15, 0.2) is 18.2 Å². The van der Waals surface area contributed by atoms with Crippen LogP contribution in [0.4, 0.5) is 0 Å². The van der Waals surface area contributed by atoms with Gasteiger partial charge in [-0.05, 0) is 36.1 Å². The van der Waals surface area contributed by atoms with Crippen LogP contribution in [0.1, 0.15) is 25.8 Å². The summed E-state index contributed by atoms with van der Waals surface area (Å²) in [6.07, 6.45) is 1.05. The van der Waals surface area contributed by atoms with Gasteiger partial charge in [0.05, 0.1) is 20.8 Å². The highest BCUT2D eigenvalue weighted by Crippen LogP contribution is 2.34. The predicted octanol–water partition coefficient (Wildman–Crippen LogP) is 2.61. The summed E-state index contributed by atoms with van der Waals surface area (Å²) in [5, 5.41) is 3.38. The Bertz CT molecular complexity index is 405. The lowest BCUT2D eigenvalue weighted by Crippen LogP contribution is -2.27. The van der Waals surface area contributed by atoms with Gasteiger partial charge in [0, 0.05) is 13.7 Å². The van der Waals surface area contributed by atoms with Crippen molar-refractivity contribution in [3.63, 3.8) is 0 Å². The number of benzene rings is 1. The summed E-state index contributed by atoms with van der Waals surface area (Å²) in [6.45, 7) is 7.08. The minimum atomic E-state index is 0.0830. The fourth-order valence-corrected chi connectivity index (χ4v) is 2.10. The van der Waals surface area contributed by atoms with Crippen LogP contribution in [0.3, 0.4) is 0 Å². The largest absolute Gasteiger partial charge is 0.493 e. The molecule has 0 saturated carbocycles. The molecule has 1 aromatic rings. The lowest BCUT2D eigenvalue weighted by atomic mass is 9.81. The van der Waals surface area contributed by atoms with Crippen LogP contribution in [0.5, 0.6) is 11.5 Å². The maximum atomic E-state index is 5.37. The first-order valence-electron chi connectivity index (χ1n) is 6.97. The molecule has 4 heteroatoms. The average molecular weight is 281 g/mol. The molecule has 0 atom stereocenters. The van der Waals surface area contributed by atoms with Crippen LogP contribution < -0.4 is 14.8 Å². The maximum Gasteiger partial charge on any atom is 0.161 e. The van der Waals surface area contributed by atoms with E-state index >= 15 is 0 Å². The molecule has 0 aliphatic carbocycles. The molecule has 0 aliphatic heterocycles. The zero-order valence-corrected chi connectivity index (χ0v) is 13.3. The van der Waals surface area contributed by atoms with E-state index in [0.717, 1.165) is 37.6 Å². The third-order valence-electron chi connectivity index (χ3n) is 3.57. The highest BCUT2D eigenvalue weighted by molar-refractivity contribution is 5.44. The van der Waals surface area contributed by atoms with Crippen LogP contribution in [0, 0.1) is 0 Å². The van der Waals surface area contributed by atoms with E-state index in [4.69, 9.17) is 14.2 Å². The number of methoxy groups -OCH3 is 3. The Labute approximate surface area is 122 Å². The van der Waals surface area contributed by atoms with Crippen molar-refractivity contribution in [3.05, 3.63) is 23.8 Å². The number of hydrogen-bond acceptors (Lipinski definition) is 4. The predicted molar refractivity (Wildman–Crippen MR) is 81.9 cm³/mol. The Morgan fingerprint density at radius 2 is 1.70 bits per heavy atom. The van der Waals surface area contributed by atoms with E-state index in [-0.39, 0.29) is 5.41 Å². The Hall–Kier alpha value is -1.26. The van der Waals surface area contributed by atoms with Crippen molar-refractivity contribution < 1.29 is 14.2 Å². The molecule has 0 aliphatic rings. The highest BCUT2D eigenvalue weighted by Gasteiger charge is 2.21. The molecule has 0 bridgehead atoms. The summed E-state index contributed by atoms with van der Waals surface area (Å²) in [4.78, 5) is 0. The van der Waals surface area contributed by atoms with Crippen molar-refractivity contribution in [1.29, 1.82) is 0 Å². The average Bonchev–Trinajstić information content (AvgIpc) is 2.46. The highest BCUT2D eigenvalue weighted by atomic mass is 16.5. The van der Waals surface area contributed by atoms with Crippen molar-refractivity contribution in [1.82, 2.24) is 5.32 Å². The molecule has 0 spiro atoms. The molecule has 20 heavy (non-hydrogen) atoms. The van der Waals surface area contributed by atoms with Crippen molar-refractivity contribution in [3.8, 4) is 11.5 Å². The van der Waals surface area contributed by atoms with E-state index in [2.05, 4.69) is 31.3 Å². The monoisotopic (exact) mass is 281 g/mol. The number of hydrogen-bond donors (Lipinski definition) is 1. The summed E-state index contributed by atoms with van der Waals surface area (Å²) < 4.78 is 15.7. The van der Waals surface area contributed by atoms with Gasteiger partial charge in [-0.2, -0.15) is 0 Å². The van der Waals surface area contributed by atoms with Gasteiger partial charge < -0.3 is 19.5 Å². The van der Waals surface area contributed by atoms with Gasteiger partial charge in [0.25, 0.3) is 0 Å². The first-order valence-corrected chi connectivity index (χ1v) is 6.97. The molecule has 1 aromatic carbocycles. The van der Waals surface area contributed by atoms with Gasteiger partial charge in [0.15, 0.2) is 11.5 Å². The van der Waals surface area contributed by atoms with Gasteiger partial charge >= 0.3 is 0 Å². The summed E-state index contributed by atoms with van der Waals surface area (Å²) in [7, 11) is 5.04. The van der Waals surface area contributed by atoms with Crippen molar-refractivity contribution in [2.75, 3.05) is 41.0 Å². The third kappa shape index (κ3) is 4.69. The minimum absolute atomic E-state index is 0.0830. The van der Waals surface area contributed by atoms with Crippen LogP contribution in [-0.4, -0.2) is 41.0 Å². The topological polar surface area (TPSA) is 39.7 Å². The minimum Gasteiger partial charge on any atom is -0.493 e. The second-order valence-electron chi connectivity index (χ2n) is 5.45. The number of ether oxygens (including phenoxy) is 3. The van der Waals surface area contributed by atoms with Crippen molar-refractivity contribution in [2.45, 2.75) is 25.7 Å². The first kappa shape index (κ1) is 16.8. The van der Waals surface area contributed by atoms with Gasteiger partial charge in [0.2, 0.25) is 0 Å². The smallest absolute Gasteiger partial charge is 0.161 e. The fourth-order valence-electron chi connectivity index (χ4n) is 2.10. The van der Waals surface area contributed by atoms with Gasteiger partial charge in [-0.1, -0.05) is 19.9 Å². The molecule has 0 radical (unpaired) electrons. The van der Waals surface area contributed by atoms with E-state index in [1.165, 1.54) is 5.56 Å². The van der Waals surface area contributed by atoms with Crippen LogP contribution in [0.2, 0.25) is 0 Å². The molecular formula is C16H27NO3. The van der Waals surface area contributed by atoms with Gasteiger partial charge in [0.1, 0.15) is 0 Å². The zero-order valence-electron chi connectivity index (χ0n) is 13.3.